The van der Waals surface area contributed by atoms with E-state index in [-0.39, 0.29) is 0 Å². The van der Waals surface area contributed by atoms with Crippen LogP contribution in [0.15, 0.2) is 22.7 Å². The number of hydrogen-bond donors (Lipinski definition) is 1. The van der Waals surface area contributed by atoms with E-state index in [0.29, 0.717) is 12.6 Å². The number of halogens is 1. The average Bonchev–Trinajstić information content (AvgIpc) is 2.30. The Morgan fingerprint density at radius 1 is 1.41 bits per heavy atom. The van der Waals surface area contributed by atoms with Crippen LogP contribution in [0, 0.1) is 0 Å². The molecule has 0 bridgehead atoms. The van der Waals surface area contributed by atoms with Crippen LogP contribution >= 0.6 is 15.9 Å². The zero-order valence-corrected chi connectivity index (χ0v) is 12.1. The van der Waals surface area contributed by atoms with Crippen LogP contribution in [0.4, 0.5) is 5.69 Å². The Hall–Kier alpha value is -0.580. The normalized spacial score (nSPS) is 21.9. The van der Waals surface area contributed by atoms with E-state index in [1.165, 1.54) is 11.3 Å². The molecule has 94 valence electrons. The minimum atomic E-state index is 0.550. The molecular weight excluding hydrogens is 278 g/mol. The molecular formula is C13H20BrN3. The van der Waals surface area contributed by atoms with Crippen molar-refractivity contribution in [3.63, 3.8) is 0 Å². The molecule has 2 rings (SSSR count). The summed E-state index contributed by atoms with van der Waals surface area (Å²) in [5.41, 5.74) is 8.10. The van der Waals surface area contributed by atoms with Crippen molar-refractivity contribution in [1.82, 2.24) is 4.90 Å². The minimum absolute atomic E-state index is 0.550. The molecule has 1 atom stereocenters. The van der Waals surface area contributed by atoms with E-state index in [2.05, 4.69) is 57.9 Å². The van der Waals surface area contributed by atoms with Crippen molar-refractivity contribution in [2.24, 2.45) is 5.73 Å². The van der Waals surface area contributed by atoms with Gasteiger partial charge >= 0.3 is 0 Å². The molecule has 1 aromatic rings. The summed E-state index contributed by atoms with van der Waals surface area (Å²) in [5.74, 6) is 0. The van der Waals surface area contributed by atoms with Crippen LogP contribution < -0.4 is 10.6 Å². The van der Waals surface area contributed by atoms with Crippen molar-refractivity contribution in [1.29, 1.82) is 0 Å². The summed E-state index contributed by atoms with van der Waals surface area (Å²) in [4.78, 5) is 4.84. The topological polar surface area (TPSA) is 32.5 Å². The van der Waals surface area contributed by atoms with Crippen molar-refractivity contribution in [3.8, 4) is 0 Å². The SMILES string of the molecule is CC1CN(C)CCN1c1ccc(CN)cc1Br. The lowest BCUT2D eigenvalue weighted by atomic mass is 10.1. The standard InChI is InChI=1S/C13H20BrN3/c1-10-9-16(2)5-6-17(10)13-4-3-11(8-15)7-12(13)14/h3-4,7,10H,5-6,8-9,15H2,1-2H3. The molecule has 0 amide bonds. The predicted octanol–water partition coefficient (Wildman–Crippen LogP) is 2.05. The first-order valence-corrected chi connectivity index (χ1v) is 6.85. The molecule has 0 aromatic heterocycles. The predicted molar refractivity (Wildman–Crippen MR) is 76.3 cm³/mol. The second kappa shape index (κ2) is 5.38. The quantitative estimate of drug-likeness (QED) is 0.907. The fourth-order valence-corrected chi connectivity index (χ4v) is 3.06. The maximum Gasteiger partial charge on any atom is 0.0514 e. The molecule has 1 aliphatic rings. The summed E-state index contributed by atoms with van der Waals surface area (Å²) in [6.45, 7) is 6.19. The first-order valence-electron chi connectivity index (χ1n) is 6.05. The molecule has 1 heterocycles. The average molecular weight is 298 g/mol. The zero-order chi connectivity index (χ0) is 12.4. The second-order valence-electron chi connectivity index (χ2n) is 4.79. The van der Waals surface area contributed by atoms with Crippen molar-refractivity contribution >= 4 is 21.6 Å². The van der Waals surface area contributed by atoms with E-state index < -0.39 is 0 Å². The lowest BCUT2D eigenvalue weighted by molar-refractivity contribution is 0.275. The van der Waals surface area contributed by atoms with Crippen LogP contribution in [0.5, 0.6) is 0 Å². The van der Waals surface area contributed by atoms with Crippen molar-refractivity contribution in [3.05, 3.63) is 28.2 Å². The molecule has 1 aliphatic heterocycles. The van der Waals surface area contributed by atoms with Gasteiger partial charge in [0.05, 0.1) is 5.69 Å². The molecule has 1 unspecified atom stereocenters. The summed E-state index contributed by atoms with van der Waals surface area (Å²) >= 11 is 3.66. The summed E-state index contributed by atoms with van der Waals surface area (Å²) < 4.78 is 1.15. The van der Waals surface area contributed by atoms with Gasteiger partial charge in [0, 0.05) is 36.7 Å². The van der Waals surface area contributed by atoms with Crippen LogP contribution in [0.3, 0.4) is 0 Å². The molecule has 1 saturated heterocycles. The number of nitrogens with zero attached hydrogens (tertiary/aromatic N) is 2. The largest absolute Gasteiger partial charge is 0.365 e. The Bertz CT molecular complexity index is 394. The minimum Gasteiger partial charge on any atom is -0.365 e. The number of likely N-dealkylation sites (N-methyl/N-ethyl adjacent to an activating group) is 1. The number of piperazine rings is 1. The number of nitrogens with two attached hydrogens (primary N) is 1. The van der Waals surface area contributed by atoms with Gasteiger partial charge in [0.1, 0.15) is 0 Å². The Kier molecular flexibility index (Phi) is 4.07. The molecule has 0 aliphatic carbocycles. The monoisotopic (exact) mass is 297 g/mol. The molecule has 1 aromatic carbocycles. The smallest absolute Gasteiger partial charge is 0.0514 e. The first-order chi connectivity index (χ1) is 8.11. The molecule has 1 fully saturated rings. The van der Waals surface area contributed by atoms with E-state index >= 15 is 0 Å². The molecule has 0 spiro atoms. The summed E-state index contributed by atoms with van der Waals surface area (Å²) in [5, 5.41) is 0. The van der Waals surface area contributed by atoms with E-state index in [4.69, 9.17) is 5.73 Å². The number of anilines is 1. The third-order valence-corrected chi connectivity index (χ3v) is 4.02. The van der Waals surface area contributed by atoms with Crippen LogP contribution in [0.2, 0.25) is 0 Å². The highest BCUT2D eigenvalue weighted by atomic mass is 79.9. The molecule has 3 nitrogen and oxygen atoms in total. The lowest BCUT2D eigenvalue weighted by Crippen LogP contribution is -2.50. The van der Waals surface area contributed by atoms with Crippen LogP contribution in [0.1, 0.15) is 12.5 Å². The van der Waals surface area contributed by atoms with Gasteiger partial charge < -0.3 is 15.5 Å². The van der Waals surface area contributed by atoms with Gasteiger partial charge in [0.25, 0.3) is 0 Å². The van der Waals surface area contributed by atoms with Crippen LogP contribution in [-0.4, -0.2) is 37.6 Å². The fourth-order valence-electron chi connectivity index (χ4n) is 2.41. The van der Waals surface area contributed by atoms with Crippen molar-refractivity contribution in [2.45, 2.75) is 19.5 Å². The second-order valence-corrected chi connectivity index (χ2v) is 5.65. The molecule has 17 heavy (non-hydrogen) atoms. The Labute approximate surface area is 112 Å². The highest BCUT2D eigenvalue weighted by molar-refractivity contribution is 9.10. The van der Waals surface area contributed by atoms with Gasteiger partial charge in [-0.25, -0.2) is 0 Å². The van der Waals surface area contributed by atoms with Gasteiger partial charge in [0.15, 0.2) is 0 Å². The zero-order valence-electron chi connectivity index (χ0n) is 10.5. The van der Waals surface area contributed by atoms with Crippen LogP contribution in [0.25, 0.3) is 0 Å². The van der Waals surface area contributed by atoms with Crippen molar-refractivity contribution in [2.75, 3.05) is 31.6 Å². The Balaban J connectivity index is 2.22. The highest BCUT2D eigenvalue weighted by Gasteiger charge is 2.22. The van der Waals surface area contributed by atoms with Gasteiger partial charge in [-0.05, 0) is 47.6 Å². The summed E-state index contributed by atoms with van der Waals surface area (Å²) in [7, 11) is 2.18. The van der Waals surface area contributed by atoms with Gasteiger partial charge in [-0.3, -0.25) is 0 Å². The third-order valence-electron chi connectivity index (χ3n) is 3.39. The van der Waals surface area contributed by atoms with Gasteiger partial charge in [-0.2, -0.15) is 0 Å². The van der Waals surface area contributed by atoms with E-state index in [1.54, 1.807) is 0 Å². The maximum atomic E-state index is 5.65. The van der Waals surface area contributed by atoms with Crippen LogP contribution in [-0.2, 0) is 6.54 Å². The molecule has 2 N–H and O–H groups in total. The van der Waals surface area contributed by atoms with Gasteiger partial charge in [-0.15, -0.1) is 0 Å². The molecule has 4 heteroatoms. The van der Waals surface area contributed by atoms with Gasteiger partial charge in [0.2, 0.25) is 0 Å². The van der Waals surface area contributed by atoms with Crippen molar-refractivity contribution < 1.29 is 0 Å². The number of hydrogen-bond acceptors (Lipinski definition) is 3. The van der Waals surface area contributed by atoms with E-state index in [0.717, 1.165) is 24.1 Å². The Morgan fingerprint density at radius 3 is 2.76 bits per heavy atom. The van der Waals surface area contributed by atoms with E-state index in [1.807, 2.05) is 0 Å². The van der Waals surface area contributed by atoms with E-state index in [9.17, 15) is 0 Å². The Morgan fingerprint density at radius 2 is 2.18 bits per heavy atom. The highest BCUT2D eigenvalue weighted by Crippen LogP contribution is 2.29. The molecule has 0 saturated carbocycles. The molecule has 0 radical (unpaired) electrons. The lowest BCUT2D eigenvalue weighted by Gasteiger charge is -2.40. The summed E-state index contributed by atoms with van der Waals surface area (Å²) in [6.07, 6.45) is 0. The number of benzene rings is 1. The fraction of sp³-hybridized carbons (Fsp3) is 0.538. The summed E-state index contributed by atoms with van der Waals surface area (Å²) in [6, 6.07) is 6.97. The third kappa shape index (κ3) is 2.81. The maximum absolute atomic E-state index is 5.65. The first kappa shape index (κ1) is 12.9. The van der Waals surface area contributed by atoms with Gasteiger partial charge in [-0.1, -0.05) is 6.07 Å². The number of rotatable bonds is 2.